The van der Waals surface area contributed by atoms with Gasteiger partial charge in [0.25, 0.3) is 0 Å². The molecule has 10 heavy (non-hydrogen) atoms. The fourth-order valence-corrected chi connectivity index (χ4v) is 1.21. The summed E-state index contributed by atoms with van der Waals surface area (Å²) in [7, 11) is 0. The second-order valence-corrected chi connectivity index (χ2v) is 2.51. The number of nitrogens with one attached hydrogen (secondary N) is 1. The zero-order chi connectivity index (χ0) is 7.61. The highest BCUT2D eigenvalue weighted by Crippen LogP contribution is 2.19. The summed E-state index contributed by atoms with van der Waals surface area (Å²) in [6.45, 7) is 4.27. The van der Waals surface area contributed by atoms with Crippen molar-refractivity contribution in [3.8, 4) is 0 Å². The first-order chi connectivity index (χ1) is 4.71. The van der Waals surface area contributed by atoms with Gasteiger partial charge in [0.15, 0.2) is 0 Å². The van der Waals surface area contributed by atoms with Crippen LogP contribution in [0, 0.1) is 0 Å². The van der Waals surface area contributed by atoms with E-state index in [2.05, 4.69) is 11.9 Å². The van der Waals surface area contributed by atoms with Gasteiger partial charge < -0.3 is 5.11 Å². The van der Waals surface area contributed by atoms with E-state index in [4.69, 9.17) is 5.11 Å². The lowest BCUT2D eigenvalue weighted by Crippen LogP contribution is -2.45. The molecule has 1 aliphatic heterocycles. The molecule has 0 aromatic heterocycles. The standard InChI is InChI=1S/C7H11NO2/c1-2-7(6(9)10)4-3-5-8-7/h2,8H,1,3-5H2,(H,9,10)/t7-/m0/s1. The van der Waals surface area contributed by atoms with Gasteiger partial charge >= 0.3 is 5.97 Å². The first-order valence-corrected chi connectivity index (χ1v) is 3.33. The van der Waals surface area contributed by atoms with E-state index in [1.54, 1.807) is 0 Å². The summed E-state index contributed by atoms with van der Waals surface area (Å²) in [5.41, 5.74) is -0.833. The van der Waals surface area contributed by atoms with E-state index in [1.165, 1.54) is 6.08 Å². The summed E-state index contributed by atoms with van der Waals surface area (Å²) >= 11 is 0. The molecule has 0 saturated carbocycles. The second kappa shape index (κ2) is 2.42. The Morgan fingerprint density at radius 2 is 2.50 bits per heavy atom. The fraction of sp³-hybridized carbons (Fsp3) is 0.571. The second-order valence-electron chi connectivity index (χ2n) is 2.51. The Morgan fingerprint density at radius 1 is 1.80 bits per heavy atom. The van der Waals surface area contributed by atoms with Crippen LogP contribution < -0.4 is 5.32 Å². The van der Waals surface area contributed by atoms with E-state index in [9.17, 15) is 4.79 Å². The molecule has 1 rings (SSSR count). The van der Waals surface area contributed by atoms with Gasteiger partial charge in [0.1, 0.15) is 5.54 Å². The Labute approximate surface area is 59.7 Å². The van der Waals surface area contributed by atoms with E-state index >= 15 is 0 Å². The smallest absolute Gasteiger partial charge is 0.327 e. The molecule has 3 heteroatoms. The number of rotatable bonds is 2. The Kier molecular flexibility index (Phi) is 1.76. The van der Waals surface area contributed by atoms with Crippen LogP contribution in [0.5, 0.6) is 0 Å². The molecule has 0 amide bonds. The zero-order valence-electron chi connectivity index (χ0n) is 5.76. The maximum absolute atomic E-state index is 10.6. The van der Waals surface area contributed by atoms with Crippen molar-refractivity contribution in [1.82, 2.24) is 5.32 Å². The molecule has 0 bridgehead atoms. The predicted molar refractivity (Wildman–Crippen MR) is 37.8 cm³/mol. The third kappa shape index (κ3) is 0.926. The molecule has 3 nitrogen and oxygen atoms in total. The largest absolute Gasteiger partial charge is 0.480 e. The van der Waals surface area contributed by atoms with Crippen molar-refractivity contribution in [1.29, 1.82) is 0 Å². The van der Waals surface area contributed by atoms with E-state index in [0.717, 1.165) is 13.0 Å². The normalized spacial score (nSPS) is 32.0. The van der Waals surface area contributed by atoms with Crippen LogP contribution in [0.15, 0.2) is 12.7 Å². The molecule has 1 fully saturated rings. The lowest BCUT2D eigenvalue weighted by Gasteiger charge is -2.18. The van der Waals surface area contributed by atoms with E-state index in [-0.39, 0.29) is 0 Å². The minimum absolute atomic E-state index is 0.659. The van der Waals surface area contributed by atoms with Crippen LogP contribution in [0.25, 0.3) is 0 Å². The van der Waals surface area contributed by atoms with Crippen molar-refractivity contribution >= 4 is 5.97 Å². The Bertz CT molecular complexity index is 159. The van der Waals surface area contributed by atoms with Crippen LogP contribution in [-0.4, -0.2) is 23.2 Å². The molecule has 0 aromatic rings. The SMILES string of the molecule is C=C[C@@]1(C(=O)O)CCCN1. The molecular formula is C7H11NO2. The van der Waals surface area contributed by atoms with Gasteiger partial charge in [-0.2, -0.15) is 0 Å². The number of carboxylic acids is 1. The predicted octanol–water partition coefficient (Wildman–Crippen LogP) is 0.379. The van der Waals surface area contributed by atoms with Crippen molar-refractivity contribution in [2.45, 2.75) is 18.4 Å². The van der Waals surface area contributed by atoms with Crippen LogP contribution in [0.2, 0.25) is 0 Å². The zero-order valence-corrected chi connectivity index (χ0v) is 5.76. The van der Waals surface area contributed by atoms with E-state index in [0.29, 0.717) is 6.42 Å². The van der Waals surface area contributed by atoms with Crippen molar-refractivity contribution in [2.24, 2.45) is 0 Å². The number of hydrogen-bond donors (Lipinski definition) is 2. The van der Waals surface area contributed by atoms with Crippen LogP contribution in [0.1, 0.15) is 12.8 Å². The molecule has 0 aliphatic carbocycles. The van der Waals surface area contributed by atoms with Crippen molar-refractivity contribution in [3.05, 3.63) is 12.7 Å². The first kappa shape index (κ1) is 7.28. The highest BCUT2D eigenvalue weighted by Gasteiger charge is 2.37. The Morgan fingerprint density at radius 3 is 2.70 bits per heavy atom. The van der Waals surface area contributed by atoms with Crippen LogP contribution in [0.4, 0.5) is 0 Å². The Balaban J connectivity index is 2.76. The van der Waals surface area contributed by atoms with Gasteiger partial charge in [-0.3, -0.25) is 5.32 Å². The fourth-order valence-electron chi connectivity index (χ4n) is 1.21. The summed E-state index contributed by atoms with van der Waals surface area (Å²) in [6.07, 6.45) is 3.05. The third-order valence-electron chi connectivity index (χ3n) is 1.92. The molecule has 56 valence electrons. The molecule has 1 heterocycles. The lowest BCUT2D eigenvalue weighted by molar-refractivity contribution is -0.142. The van der Waals surface area contributed by atoms with Crippen molar-refractivity contribution in [2.75, 3.05) is 6.54 Å². The van der Waals surface area contributed by atoms with E-state index in [1.807, 2.05) is 0 Å². The molecule has 0 radical (unpaired) electrons. The summed E-state index contributed by atoms with van der Waals surface area (Å²) in [6, 6.07) is 0. The summed E-state index contributed by atoms with van der Waals surface area (Å²) < 4.78 is 0. The van der Waals surface area contributed by atoms with Gasteiger partial charge in [-0.25, -0.2) is 4.79 Å². The van der Waals surface area contributed by atoms with Gasteiger partial charge in [0.2, 0.25) is 0 Å². The minimum Gasteiger partial charge on any atom is -0.480 e. The summed E-state index contributed by atoms with van der Waals surface area (Å²) in [4.78, 5) is 10.6. The molecule has 0 unspecified atom stereocenters. The molecule has 1 saturated heterocycles. The summed E-state index contributed by atoms with van der Waals surface area (Å²) in [5, 5.41) is 11.6. The highest BCUT2D eigenvalue weighted by molar-refractivity contribution is 5.81. The number of carboxylic acid groups (broad SMARTS) is 1. The van der Waals surface area contributed by atoms with Gasteiger partial charge in [0.05, 0.1) is 0 Å². The average Bonchev–Trinajstić information content (AvgIpc) is 2.35. The van der Waals surface area contributed by atoms with Crippen LogP contribution >= 0.6 is 0 Å². The maximum atomic E-state index is 10.6. The topological polar surface area (TPSA) is 49.3 Å². The minimum atomic E-state index is -0.833. The monoisotopic (exact) mass is 141 g/mol. The van der Waals surface area contributed by atoms with Gasteiger partial charge in [-0.15, -0.1) is 6.58 Å². The first-order valence-electron chi connectivity index (χ1n) is 3.33. The quantitative estimate of drug-likeness (QED) is 0.546. The summed E-state index contributed by atoms with van der Waals surface area (Å²) in [5.74, 6) is -0.819. The molecule has 2 N–H and O–H groups in total. The van der Waals surface area contributed by atoms with Gasteiger partial charge in [0, 0.05) is 0 Å². The van der Waals surface area contributed by atoms with Crippen molar-refractivity contribution < 1.29 is 9.90 Å². The highest BCUT2D eigenvalue weighted by atomic mass is 16.4. The lowest BCUT2D eigenvalue weighted by atomic mass is 9.98. The molecule has 0 aromatic carbocycles. The molecule has 0 spiro atoms. The number of aliphatic carboxylic acids is 1. The molecular weight excluding hydrogens is 130 g/mol. The van der Waals surface area contributed by atoms with Crippen LogP contribution in [0.3, 0.4) is 0 Å². The van der Waals surface area contributed by atoms with Crippen molar-refractivity contribution in [3.63, 3.8) is 0 Å². The third-order valence-corrected chi connectivity index (χ3v) is 1.92. The Hall–Kier alpha value is -0.830. The number of carbonyl (C=O) groups is 1. The van der Waals surface area contributed by atoms with Crippen LogP contribution in [-0.2, 0) is 4.79 Å². The van der Waals surface area contributed by atoms with Gasteiger partial charge in [-0.1, -0.05) is 6.08 Å². The van der Waals surface area contributed by atoms with E-state index < -0.39 is 11.5 Å². The average molecular weight is 141 g/mol. The van der Waals surface area contributed by atoms with Gasteiger partial charge in [-0.05, 0) is 19.4 Å². The maximum Gasteiger partial charge on any atom is 0.327 e. The molecule has 1 atom stereocenters. The molecule has 1 aliphatic rings. The number of hydrogen-bond acceptors (Lipinski definition) is 2.